The second-order valence-corrected chi connectivity index (χ2v) is 6.38. The first-order valence-electron chi connectivity index (χ1n) is 7.62. The number of thioether (sulfide) groups is 1. The summed E-state index contributed by atoms with van der Waals surface area (Å²) in [7, 11) is 1.28. The smallest absolute Gasteiger partial charge is 0.325 e. The molecule has 1 heterocycles. The predicted molar refractivity (Wildman–Crippen MR) is 93.4 cm³/mol. The highest BCUT2D eigenvalue weighted by molar-refractivity contribution is 7.99. The fourth-order valence-corrected chi connectivity index (χ4v) is 3.00. The van der Waals surface area contributed by atoms with Crippen molar-refractivity contribution in [2.75, 3.05) is 19.4 Å². The lowest BCUT2D eigenvalue weighted by atomic mass is 10.0. The summed E-state index contributed by atoms with van der Waals surface area (Å²) in [6.07, 6.45) is 3.60. The topological polar surface area (TPSA) is 73.2 Å². The van der Waals surface area contributed by atoms with Crippen molar-refractivity contribution < 1.29 is 14.3 Å². The number of hydrogen-bond donors (Lipinski definition) is 1. The molecule has 0 saturated heterocycles. The van der Waals surface area contributed by atoms with Gasteiger partial charge in [-0.25, -0.2) is 4.98 Å². The molecule has 6 nitrogen and oxygen atoms in total. The molecule has 0 atom stereocenters. The van der Waals surface area contributed by atoms with Crippen LogP contribution >= 0.6 is 11.8 Å². The maximum absolute atomic E-state index is 11.8. The molecule has 24 heavy (non-hydrogen) atoms. The Morgan fingerprint density at radius 2 is 2.08 bits per heavy atom. The average molecular weight is 347 g/mol. The number of esters is 1. The number of aromatic nitrogens is 2. The Balaban J connectivity index is 2.06. The van der Waals surface area contributed by atoms with Crippen LogP contribution in [0.2, 0.25) is 0 Å². The Hall–Kier alpha value is -2.28. The quantitative estimate of drug-likeness (QED) is 0.615. The van der Waals surface area contributed by atoms with Crippen LogP contribution in [0.25, 0.3) is 5.69 Å². The molecule has 0 unspecified atom stereocenters. The highest BCUT2D eigenvalue weighted by Crippen LogP contribution is 2.26. The summed E-state index contributed by atoms with van der Waals surface area (Å²) in [4.78, 5) is 27.2. The van der Waals surface area contributed by atoms with Gasteiger partial charge in [0.1, 0.15) is 6.54 Å². The number of nitrogens with zero attached hydrogens (tertiary/aromatic N) is 2. The second kappa shape index (κ2) is 8.54. The number of carbonyl (C=O) groups excluding carboxylic acids is 2. The molecule has 0 spiro atoms. The van der Waals surface area contributed by atoms with E-state index in [1.54, 1.807) is 6.20 Å². The minimum absolute atomic E-state index is 0.124. The number of methoxy groups -OCH3 is 1. The molecular weight excluding hydrogens is 326 g/mol. The zero-order chi connectivity index (χ0) is 17.5. The van der Waals surface area contributed by atoms with Gasteiger partial charge < -0.3 is 10.1 Å². The van der Waals surface area contributed by atoms with Gasteiger partial charge in [0.15, 0.2) is 5.16 Å². The molecule has 1 amide bonds. The zero-order valence-corrected chi connectivity index (χ0v) is 14.8. The van der Waals surface area contributed by atoms with Crippen LogP contribution in [-0.2, 0) is 14.3 Å². The van der Waals surface area contributed by atoms with Crippen molar-refractivity contribution in [2.45, 2.75) is 24.9 Å². The van der Waals surface area contributed by atoms with E-state index in [9.17, 15) is 9.59 Å². The van der Waals surface area contributed by atoms with Crippen molar-refractivity contribution in [2.24, 2.45) is 0 Å². The SMILES string of the molecule is COC(=O)CNC(=O)CSc1nccn1-c1ccccc1C(C)C. The van der Waals surface area contributed by atoms with Crippen molar-refractivity contribution in [3.63, 3.8) is 0 Å². The van der Waals surface area contributed by atoms with E-state index in [0.717, 1.165) is 10.8 Å². The molecule has 128 valence electrons. The van der Waals surface area contributed by atoms with Gasteiger partial charge in [-0.2, -0.15) is 0 Å². The Kier molecular flexibility index (Phi) is 6.43. The molecule has 0 bridgehead atoms. The molecule has 0 aliphatic carbocycles. The van der Waals surface area contributed by atoms with Gasteiger partial charge in [0, 0.05) is 12.4 Å². The van der Waals surface area contributed by atoms with Crippen LogP contribution in [0.5, 0.6) is 0 Å². The average Bonchev–Trinajstić information content (AvgIpc) is 3.06. The third-order valence-electron chi connectivity index (χ3n) is 3.42. The van der Waals surface area contributed by atoms with Crippen molar-refractivity contribution in [3.05, 3.63) is 42.2 Å². The van der Waals surface area contributed by atoms with E-state index in [2.05, 4.69) is 35.0 Å². The van der Waals surface area contributed by atoms with Crippen LogP contribution in [0.15, 0.2) is 41.8 Å². The fourth-order valence-electron chi connectivity index (χ4n) is 2.20. The first kappa shape index (κ1) is 18.1. The normalized spacial score (nSPS) is 10.7. The largest absolute Gasteiger partial charge is 0.468 e. The first-order valence-corrected chi connectivity index (χ1v) is 8.60. The maximum atomic E-state index is 11.8. The zero-order valence-electron chi connectivity index (χ0n) is 14.0. The Morgan fingerprint density at radius 3 is 2.79 bits per heavy atom. The molecule has 1 N–H and O–H groups in total. The van der Waals surface area contributed by atoms with Crippen LogP contribution in [-0.4, -0.2) is 40.8 Å². The van der Waals surface area contributed by atoms with E-state index < -0.39 is 5.97 Å². The number of benzene rings is 1. The van der Waals surface area contributed by atoms with Gasteiger partial charge in [0.05, 0.1) is 18.6 Å². The highest BCUT2D eigenvalue weighted by atomic mass is 32.2. The van der Waals surface area contributed by atoms with Crippen molar-refractivity contribution in [3.8, 4) is 5.69 Å². The lowest BCUT2D eigenvalue weighted by Crippen LogP contribution is -2.31. The third-order valence-corrected chi connectivity index (χ3v) is 4.38. The number of carbonyl (C=O) groups is 2. The summed E-state index contributed by atoms with van der Waals surface area (Å²) >= 11 is 1.32. The Morgan fingerprint density at radius 1 is 1.33 bits per heavy atom. The number of hydrogen-bond acceptors (Lipinski definition) is 5. The molecule has 1 aromatic carbocycles. The lowest BCUT2D eigenvalue weighted by molar-refractivity contribution is -0.140. The van der Waals surface area contributed by atoms with Gasteiger partial charge in [-0.05, 0) is 17.5 Å². The number of rotatable bonds is 7. The van der Waals surface area contributed by atoms with E-state index in [-0.39, 0.29) is 18.2 Å². The van der Waals surface area contributed by atoms with Crippen molar-refractivity contribution >= 4 is 23.6 Å². The summed E-state index contributed by atoms with van der Waals surface area (Å²) in [6, 6.07) is 8.14. The van der Waals surface area contributed by atoms with Crippen LogP contribution in [0.4, 0.5) is 0 Å². The van der Waals surface area contributed by atoms with Gasteiger partial charge in [-0.3, -0.25) is 14.2 Å². The number of ether oxygens (including phenoxy) is 1. The Bertz CT molecular complexity index is 713. The molecule has 0 fully saturated rings. The van der Waals surface area contributed by atoms with E-state index in [0.29, 0.717) is 5.92 Å². The maximum Gasteiger partial charge on any atom is 0.325 e. The monoisotopic (exact) mass is 347 g/mol. The van der Waals surface area contributed by atoms with Crippen LogP contribution in [0.1, 0.15) is 25.3 Å². The molecule has 0 saturated carbocycles. The standard InChI is InChI=1S/C17H21N3O3S/c1-12(2)13-6-4-5-7-14(13)20-9-8-18-17(20)24-11-15(21)19-10-16(22)23-3/h4-9,12H,10-11H2,1-3H3,(H,19,21). The van der Waals surface area contributed by atoms with Gasteiger partial charge >= 0.3 is 5.97 Å². The van der Waals surface area contributed by atoms with E-state index in [1.807, 2.05) is 29.0 Å². The van der Waals surface area contributed by atoms with Gasteiger partial charge in [0.2, 0.25) is 5.91 Å². The molecule has 2 rings (SSSR count). The van der Waals surface area contributed by atoms with Crippen LogP contribution in [0.3, 0.4) is 0 Å². The van der Waals surface area contributed by atoms with Gasteiger partial charge in [0.25, 0.3) is 0 Å². The predicted octanol–water partition coefficient (Wildman–Crippen LogP) is 2.38. The van der Waals surface area contributed by atoms with E-state index >= 15 is 0 Å². The summed E-state index contributed by atoms with van der Waals surface area (Å²) in [5.74, 6) is -0.152. The van der Waals surface area contributed by atoms with Gasteiger partial charge in [-0.1, -0.05) is 43.8 Å². The summed E-state index contributed by atoms with van der Waals surface area (Å²) < 4.78 is 6.47. The first-order chi connectivity index (χ1) is 11.5. The third kappa shape index (κ3) is 4.61. The summed E-state index contributed by atoms with van der Waals surface area (Å²) in [6.45, 7) is 4.16. The number of imidazole rings is 1. The van der Waals surface area contributed by atoms with Gasteiger partial charge in [-0.15, -0.1) is 0 Å². The lowest BCUT2D eigenvalue weighted by Gasteiger charge is -2.15. The second-order valence-electron chi connectivity index (χ2n) is 5.43. The molecule has 0 aliphatic rings. The van der Waals surface area contributed by atoms with Crippen LogP contribution in [0, 0.1) is 0 Å². The molecule has 0 radical (unpaired) electrons. The fraction of sp³-hybridized carbons (Fsp3) is 0.353. The highest BCUT2D eigenvalue weighted by Gasteiger charge is 2.13. The number of para-hydroxylation sites is 1. The minimum atomic E-state index is -0.472. The Labute approximate surface area is 145 Å². The number of amides is 1. The molecule has 7 heteroatoms. The molecular formula is C17H21N3O3S. The van der Waals surface area contributed by atoms with Crippen LogP contribution < -0.4 is 5.32 Å². The van der Waals surface area contributed by atoms with Crippen molar-refractivity contribution in [1.82, 2.24) is 14.9 Å². The van der Waals surface area contributed by atoms with E-state index in [4.69, 9.17) is 0 Å². The summed E-state index contributed by atoms with van der Waals surface area (Å²) in [5.41, 5.74) is 2.27. The summed E-state index contributed by atoms with van der Waals surface area (Å²) in [5, 5.41) is 3.25. The molecule has 1 aromatic heterocycles. The minimum Gasteiger partial charge on any atom is -0.468 e. The van der Waals surface area contributed by atoms with Crippen molar-refractivity contribution in [1.29, 1.82) is 0 Å². The van der Waals surface area contributed by atoms with E-state index in [1.165, 1.54) is 24.4 Å². The molecule has 2 aromatic rings. The molecule has 0 aliphatic heterocycles. The number of nitrogens with one attached hydrogen (secondary N) is 1.